The summed E-state index contributed by atoms with van der Waals surface area (Å²) in [5.74, 6) is 0. The smallest absolute Gasteiger partial charge is 0.327 e. The second kappa shape index (κ2) is 4.96. The number of aliphatic hydroxyl groups excluding tert-OH is 5. The Morgan fingerprint density at radius 3 is 1.33 bits per heavy atom. The van der Waals surface area contributed by atoms with Gasteiger partial charge in [-0.2, -0.15) is 0 Å². The molecule has 7 N–H and O–H groups in total. The molecule has 0 aromatic rings. The van der Waals surface area contributed by atoms with Crippen molar-refractivity contribution in [1.29, 1.82) is 0 Å². The highest BCUT2D eigenvalue weighted by Crippen LogP contribution is 2.34. The summed E-state index contributed by atoms with van der Waals surface area (Å²) in [5, 5.41) is 46.2. The van der Waals surface area contributed by atoms with Gasteiger partial charge in [0.25, 0.3) is 0 Å². The van der Waals surface area contributed by atoms with Crippen LogP contribution in [0, 0.1) is 0 Å². The minimum Gasteiger partial charge on any atom is -0.387 e. The monoisotopic (exact) mass is 244 g/mol. The Morgan fingerprint density at radius 1 is 0.667 bits per heavy atom. The zero-order valence-corrected chi connectivity index (χ0v) is 8.34. The third-order valence-electron chi connectivity index (χ3n) is 2.29. The van der Waals surface area contributed by atoms with E-state index in [1.165, 1.54) is 0 Å². The molecular weight excluding hydrogens is 231 g/mol. The molecule has 1 aliphatic rings. The number of rotatable bonds is 2. The van der Waals surface area contributed by atoms with Crippen LogP contribution in [0.1, 0.15) is 0 Å². The fourth-order valence-electron chi connectivity index (χ4n) is 1.43. The van der Waals surface area contributed by atoms with Gasteiger partial charge in [0.2, 0.25) is 0 Å². The van der Waals surface area contributed by atoms with Crippen molar-refractivity contribution in [3.8, 4) is 0 Å². The average Bonchev–Trinajstić information content (AvgIpc) is 2.18. The largest absolute Gasteiger partial charge is 0.387 e. The molecule has 8 nitrogen and oxygen atoms in total. The highest BCUT2D eigenvalue weighted by Gasteiger charge is 2.49. The van der Waals surface area contributed by atoms with Crippen molar-refractivity contribution in [2.24, 2.45) is 0 Å². The van der Waals surface area contributed by atoms with E-state index >= 15 is 0 Å². The minimum absolute atomic E-state index is 1.57. The van der Waals surface area contributed by atoms with E-state index in [-0.39, 0.29) is 0 Å². The first-order chi connectivity index (χ1) is 6.86. The molecule has 0 bridgehead atoms. The lowest BCUT2D eigenvalue weighted by Gasteiger charge is -2.41. The first-order valence-electron chi connectivity index (χ1n) is 4.11. The highest BCUT2D eigenvalue weighted by molar-refractivity contribution is 7.39. The van der Waals surface area contributed by atoms with Crippen LogP contribution in [0.25, 0.3) is 0 Å². The summed E-state index contributed by atoms with van der Waals surface area (Å²) in [4.78, 5) is 17.1. The van der Waals surface area contributed by atoms with Crippen LogP contribution in [0.3, 0.4) is 0 Å². The van der Waals surface area contributed by atoms with Crippen LogP contribution in [0.15, 0.2) is 0 Å². The molecular formula is C6H13O8P. The second-order valence-electron chi connectivity index (χ2n) is 3.28. The molecule has 0 radical (unpaired) electrons. The predicted octanol–water partition coefficient (Wildman–Crippen LogP) is -3.60. The quantitative estimate of drug-likeness (QED) is 0.246. The molecule has 6 atom stereocenters. The fourth-order valence-corrected chi connectivity index (χ4v) is 1.90. The molecule has 1 aliphatic carbocycles. The van der Waals surface area contributed by atoms with Gasteiger partial charge < -0.3 is 39.8 Å². The molecule has 0 aromatic carbocycles. The highest BCUT2D eigenvalue weighted by atomic mass is 31.2. The van der Waals surface area contributed by atoms with Crippen LogP contribution in [-0.2, 0) is 4.52 Å². The summed E-state index contributed by atoms with van der Waals surface area (Å²) in [6.07, 6.45) is -10.2. The SMILES string of the molecule is O[C@@H]1[C@@H](O)[C@H](O)[C@@H](OP(O)O)[C@@H](O)[C@H]1O. The molecule has 1 rings (SSSR count). The lowest BCUT2D eigenvalue weighted by Crippen LogP contribution is -2.63. The maximum absolute atomic E-state index is 9.33. The van der Waals surface area contributed by atoms with Crippen LogP contribution in [0.4, 0.5) is 0 Å². The van der Waals surface area contributed by atoms with Gasteiger partial charge in [0.15, 0.2) is 0 Å². The van der Waals surface area contributed by atoms with Gasteiger partial charge in [0, 0.05) is 0 Å². The van der Waals surface area contributed by atoms with Crippen LogP contribution in [0.2, 0.25) is 0 Å². The molecule has 0 spiro atoms. The summed E-state index contributed by atoms with van der Waals surface area (Å²) in [6.45, 7) is 0. The minimum atomic E-state index is -2.85. The number of hydrogen-bond donors (Lipinski definition) is 7. The van der Waals surface area contributed by atoms with E-state index in [9.17, 15) is 20.4 Å². The molecule has 1 saturated carbocycles. The number of aliphatic hydroxyl groups is 5. The summed E-state index contributed by atoms with van der Waals surface area (Å²) in [7, 11) is -2.85. The van der Waals surface area contributed by atoms with E-state index in [1.54, 1.807) is 0 Å². The van der Waals surface area contributed by atoms with E-state index < -0.39 is 45.2 Å². The standard InChI is InChI=1S/C6H13O8P/c7-1-2(8)4(10)6(14-15(12)13)5(11)3(1)9/h1-13H/t1-,2-,3+,4-,5-,6-/m0/s1. The topological polar surface area (TPSA) is 151 Å². The molecule has 0 aromatic heterocycles. The van der Waals surface area contributed by atoms with Gasteiger partial charge in [0.1, 0.15) is 36.6 Å². The summed E-state index contributed by atoms with van der Waals surface area (Å²) in [6, 6.07) is 0. The summed E-state index contributed by atoms with van der Waals surface area (Å²) in [5.41, 5.74) is 0. The van der Waals surface area contributed by atoms with Crippen LogP contribution < -0.4 is 0 Å². The normalized spacial score (nSPS) is 47.2. The van der Waals surface area contributed by atoms with Gasteiger partial charge in [-0.25, -0.2) is 0 Å². The van der Waals surface area contributed by atoms with Crippen molar-refractivity contribution >= 4 is 8.60 Å². The molecule has 0 heterocycles. The Kier molecular flexibility index (Phi) is 4.36. The lowest BCUT2D eigenvalue weighted by molar-refractivity contribution is -0.218. The van der Waals surface area contributed by atoms with Gasteiger partial charge in [-0.3, -0.25) is 0 Å². The van der Waals surface area contributed by atoms with E-state index in [0.29, 0.717) is 0 Å². The average molecular weight is 244 g/mol. The van der Waals surface area contributed by atoms with Crippen molar-refractivity contribution in [1.82, 2.24) is 0 Å². The van der Waals surface area contributed by atoms with E-state index in [1.807, 2.05) is 0 Å². The van der Waals surface area contributed by atoms with E-state index in [0.717, 1.165) is 0 Å². The molecule has 1 fully saturated rings. The van der Waals surface area contributed by atoms with E-state index in [2.05, 4.69) is 4.52 Å². The van der Waals surface area contributed by atoms with Crippen LogP contribution in [0.5, 0.6) is 0 Å². The Balaban J connectivity index is 2.77. The molecule has 0 amide bonds. The zero-order valence-electron chi connectivity index (χ0n) is 7.45. The van der Waals surface area contributed by atoms with Gasteiger partial charge in [-0.15, -0.1) is 0 Å². The van der Waals surface area contributed by atoms with Crippen molar-refractivity contribution in [3.63, 3.8) is 0 Å². The van der Waals surface area contributed by atoms with Crippen molar-refractivity contribution in [2.75, 3.05) is 0 Å². The fraction of sp³-hybridized carbons (Fsp3) is 1.00. The molecule has 0 aliphatic heterocycles. The molecule has 0 saturated heterocycles. The first-order valence-corrected chi connectivity index (χ1v) is 5.27. The van der Waals surface area contributed by atoms with Crippen molar-refractivity contribution in [2.45, 2.75) is 36.6 Å². The molecule has 15 heavy (non-hydrogen) atoms. The van der Waals surface area contributed by atoms with Crippen LogP contribution >= 0.6 is 8.60 Å². The van der Waals surface area contributed by atoms with Crippen molar-refractivity contribution < 1.29 is 39.8 Å². The summed E-state index contributed by atoms with van der Waals surface area (Å²) >= 11 is 0. The van der Waals surface area contributed by atoms with Gasteiger partial charge in [-0.1, -0.05) is 0 Å². The maximum atomic E-state index is 9.33. The van der Waals surface area contributed by atoms with Crippen molar-refractivity contribution in [3.05, 3.63) is 0 Å². The molecule has 9 heteroatoms. The Bertz CT molecular complexity index is 197. The first kappa shape index (κ1) is 13.2. The van der Waals surface area contributed by atoms with Gasteiger partial charge in [-0.05, 0) is 0 Å². The predicted molar refractivity (Wildman–Crippen MR) is 46.3 cm³/mol. The third-order valence-corrected chi connectivity index (χ3v) is 2.72. The Labute approximate surface area is 86.0 Å². The zero-order chi connectivity index (χ0) is 11.7. The van der Waals surface area contributed by atoms with Gasteiger partial charge >= 0.3 is 8.60 Å². The van der Waals surface area contributed by atoms with Crippen LogP contribution in [-0.4, -0.2) is 71.9 Å². The second-order valence-corrected chi connectivity index (χ2v) is 3.99. The van der Waals surface area contributed by atoms with E-state index in [4.69, 9.17) is 14.9 Å². The third kappa shape index (κ3) is 2.62. The number of hydrogen-bond acceptors (Lipinski definition) is 8. The Hall–Kier alpha value is 0.110. The maximum Gasteiger partial charge on any atom is 0.327 e. The molecule has 90 valence electrons. The van der Waals surface area contributed by atoms with Gasteiger partial charge in [0.05, 0.1) is 0 Å². The molecule has 0 unspecified atom stereocenters. The lowest BCUT2D eigenvalue weighted by atomic mass is 9.85. The summed E-state index contributed by atoms with van der Waals surface area (Å²) < 4.78 is 4.35. The Morgan fingerprint density at radius 2 is 1.00 bits per heavy atom.